The van der Waals surface area contributed by atoms with Gasteiger partial charge in [0, 0.05) is 6.92 Å². The second kappa shape index (κ2) is 19.6. The maximum Gasteiger partial charge on any atom is 0.300 e. The van der Waals surface area contributed by atoms with Crippen molar-refractivity contribution in [3.8, 4) is 0 Å². The quantitative estimate of drug-likeness (QED) is 0.669. The molecule has 17 heavy (non-hydrogen) atoms. The fraction of sp³-hybridized carbons (Fsp3) is 0.455. The van der Waals surface area contributed by atoms with Crippen LogP contribution in [0.15, 0.2) is 12.7 Å². The van der Waals surface area contributed by atoms with E-state index in [0.29, 0.717) is 0 Å². The molecule has 0 aliphatic heterocycles. The molecule has 0 aromatic heterocycles. The highest BCUT2D eigenvalue weighted by molar-refractivity contribution is 5.84. The summed E-state index contributed by atoms with van der Waals surface area (Å²) >= 11 is 0. The van der Waals surface area contributed by atoms with Gasteiger partial charge in [-0.05, 0) is 33.8 Å². The SMILES string of the molecule is C=CC(N)=O.CC(=O)O.CC(C)=O.CC(C)=O. The second-order valence-corrected chi connectivity index (χ2v) is 2.94. The predicted molar refractivity (Wildman–Crippen MR) is 65.4 cm³/mol. The molecule has 6 nitrogen and oxygen atoms in total. The van der Waals surface area contributed by atoms with Crippen molar-refractivity contribution >= 4 is 23.4 Å². The number of aliphatic carboxylic acids is 1. The summed E-state index contributed by atoms with van der Waals surface area (Å²) in [5.74, 6) is -0.981. The van der Waals surface area contributed by atoms with E-state index < -0.39 is 11.9 Å². The van der Waals surface area contributed by atoms with Gasteiger partial charge in [0.05, 0.1) is 0 Å². The Kier molecular flexibility index (Phi) is 28.0. The molecule has 100 valence electrons. The number of rotatable bonds is 1. The molecule has 0 bridgehead atoms. The molecule has 6 heteroatoms. The van der Waals surface area contributed by atoms with Crippen LogP contribution in [0, 0.1) is 0 Å². The smallest absolute Gasteiger partial charge is 0.300 e. The van der Waals surface area contributed by atoms with Crippen LogP contribution in [0.5, 0.6) is 0 Å². The Labute approximate surface area is 101 Å². The van der Waals surface area contributed by atoms with Crippen molar-refractivity contribution in [3.05, 3.63) is 12.7 Å². The van der Waals surface area contributed by atoms with Crippen LogP contribution in [-0.2, 0) is 19.2 Å². The lowest BCUT2D eigenvalue weighted by atomic mass is 10.6. The average Bonchev–Trinajstić information content (AvgIpc) is 2.00. The van der Waals surface area contributed by atoms with Crippen LogP contribution in [0.1, 0.15) is 34.6 Å². The molecule has 0 aromatic rings. The summed E-state index contributed by atoms with van der Waals surface area (Å²) in [5, 5.41) is 7.42. The van der Waals surface area contributed by atoms with Crippen LogP contribution in [0.3, 0.4) is 0 Å². The van der Waals surface area contributed by atoms with Crippen LogP contribution < -0.4 is 5.73 Å². The fourth-order valence-corrected chi connectivity index (χ4v) is 0. The highest BCUT2D eigenvalue weighted by Gasteiger charge is 1.69. The maximum atomic E-state index is 9.47. The Hall–Kier alpha value is -1.98. The van der Waals surface area contributed by atoms with Crippen LogP contribution in [0.2, 0.25) is 0 Å². The molecule has 0 spiro atoms. The van der Waals surface area contributed by atoms with Gasteiger partial charge in [-0.3, -0.25) is 9.59 Å². The number of nitrogens with two attached hydrogens (primary N) is 1. The van der Waals surface area contributed by atoms with Crippen molar-refractivity contribution in [2.24, 2.45) is 5.73 Å². The topological polar surface area (TPSA) is 115 Å². The zero-order valence-corrected chi connectivity index (χ0v) is 10.9. The Morgan fingerprint density at radius 3 is 1.00 bits per heavy atom. The number of amides is 1. The van der Waals surface area contributed by atoms with Gasteiger partial charge in [0.15, 0.2) is 0 Å². The minimum absolute atomic E-state index is 0.167. The van der Waals surface area contributed by atoms with Crippen LogP contribution in [-0.4, -0.2) is 28.5 Å². The number of carboxylic acid groups (broad SMARTS) is 1. The number of carbonyl (C=O) groups excluding carboxylic acids is 3. The Morgan fingerprint density at radius 1 is 0.941 bits per heavy atom. The first-order valence-electron chi connectivity index (χ1n) is 4.53. The molecule has 0 heterocycles. The maximum absolute atomic E-state index is 9.47. The summed E-state index contributed by atoms with van der Waals surface area (Å²) in [7, 11) is 0. The summed E-state index contributed by atoms with van der Waals surface area (Å²) in [6, 6.07) is 0. The van der Waals surface area contributed by atoms with E-state index in [-0.39, 0.29) is 11.6 Å². The van der Waals surface area contributed by atoms with Crippen molar-refractivity contribution in [1.29, 1.82) is 0 Å². The minimum atomic E-state index is -0.833. The molecule has 0 aromatic carbocycles. The van der Waals surface area contributed by atoms with E-state index in [1.54, 1.807) is 0 Å². The summed E-state index contributed by atoms with van der Waals surface area (Å²) in [6.45, 7) is 10.3. The van der Waals surface area contributed by atoms with Gasteiger partial charge in [-0.2, -0.15) is 0 Å². The molecular weight excluding hydrogens is 226 g/mol. The molecule has 0 unspecified atom stereocenters. The van der Waals surface area contributed by atoms with Crippen molar-refractivity contribution in [2.45, 2.75) is 34.6 Å². The molecule has 0 rings (SSSR count). The van der Waals surface area contributed by atoms with Crippen molar-refractivity contribution in [3.63, 3.8) is 0 Å². The lowest BCUT2D eigenvalue weighted by molar-refractivity contribution is -0.134. The third-order valence-corrected chi connectivity index (χ3v) is 0.201. The molecule has 0 atom stereocenters. The molecule has 0 radical (unpaired) electrons. The van der Waals surface area contributed by atoms with Gasteiger partial charge >= 0.3 is 0 Å². The van der Waals surface area contributed by atoms with E-state index >= 15 is 0 Å². The summed E-state index contributed by atoms with van der Waals surface area (Å²) in [6.07, 6.45) is 1.06. The van der Waals surface area contributed by atoms with Crippen LogP contribution in [0.4, 0.5) is 0 Å². The zero-order chi connectivity index (χ0) is 15.0. The number of hydrogen-bond donors (Lipinski definition) is 2. The molecule has 0 saturated carbocycles. The highest BCUT2D eigenvalue weighted by Crippen LogP contribution is 1.51. The first kappa shape index (κ1) is 24.3. The minimum Gasteiger partial charge on any atom is -0.481 e. The number of carbonyl (C=O) groups is 4. The van der Waals surface area contributed by atoms with Gasteiger partial charge in [-0.15, -0.1) is 0 Å². The highest BCUT2D eigenvalue weighted by atomic mass is 16.4. The van der Waals surface area contributed by atoms with Crippen molar-refractivity contribution in [1.82, 2.24) is 0 Å². The molecule has 3 N–H and O–H groups in total. The third kappa shape index (κ3) is 5060000. The van der Waals surface area contributed by atoms with Gasteiger partial charge in [0.1, 0.15) is 11.6 Å². The Balaban J connectivity index is -0.0000000667. The van der Waals surface area contributed by atoms with Gasteiger partial charge < -0.3 is 20.4 Å². The average molecular weight is 247 g/mol. The molecule has 0 aliphatic rings. The van der Waals surface area contributed by atoms with Crippen molar-refractivity contribution < 1.29 is 24.3 Å². The van der Waals surface area contributed by atoms with E-state index in [9.17, 15) is 14.4 Å². The van der Waals surface area contributed by atoms with E-state index in [4.69, 9.17) is 9.90 Å². The monoisotopic (exact) mass is 247 g/mol. The standard InChI is InChI=1S/C3H5NO.2C3H6O.C2H4O2/c1-2-3(4)5;2*1-3(2)4;1-2(3)4/h2H,1H2,(H2,4,5);2*1-2H3;1H3,(H,3,4). The van der Waals surface area contributed by atoms with Gasteiger partial charge in [-0.1, -0.05) is 6.58 Å². The normalized spacial score (nSPS) is 6.41. The summed E-state index contributed by atoms with van der Waals surface area (Å²) < 4.78 is 0. The molecule has 0 aliphatic carbocycles. The van der Waals surface area contributed by atoms with E-state index in [0.717, 1.165) is 13.0 Å². The molecule has 1 amide bonds. The first-order chi connectivity index (χ1) is 7.47. The third-order valence-electron chi connectivity index (χ3n) is 0.201. The van der Waals surface area contributed by atoms with E-state index in [1.165, 1.54) is 27.7 Å². The number of hydrogen-bond acceptors (Lipinski definition) is 4. The van der Waals surface area contributed by atoms with Crippen LogP contribution in [0.25, 0.3) is 0 Å². The Bertz CT molecular complexity index is 218. The number of primary amides is 1. The lowest BCUT2D eigenvalue weighted by Crippen LogP contribution is -2.04. The summed E-state index contributed by atoms with van der Waals surface area (Å²) in [4.78, 5) is 37.4. The largest absolute Gasteiger partial charge is 0.481 e. The molecular formula is C11H21NO5. The van der Waals surface area contributed by atoms with E-state index in [1.807, 2.05) is 0 Å². The van der Waals surface area contributed by atoms with Crippen LogP contribution >= 0.6 is 0 Å². The molecule has 0 saturated heterocycles. The Morgan fingerprint density at radius 2 is 1.00 bits per heavy atom. The van der Waals surface area contributed by atoms with Gasteiger partial charge in [0.2, 0.25) is 5.91 Å². The number of Topliss-reactive ketones (excluding diaryl/α,β-unsaturated/α-hetero) is 2. The predicted octanol–water partition coefficient (Wildman–Crippen LogP) is 0.939. The number of carboxylic acids is 1. The first-order valence-corrected chi connectivity index (χ1v) is 4.53. The lowest BCUT2D eigenvalue weighted by Gasteiger charge is -1.65. The van der Waals surface area contributed by atoms with Crippen molar-refractivity contribution in [2.75, 3.05) is 0 Å². The summed E-state index contributed by atoms with van der Waals surface area (Å²) in [5.41, 5.74) is 4.53. The zero-order valence-electron chi connectivity index (χ0n) is 10.9. The number of ketones is 2. The second-order valence-electron chi connectivity index (χ2n) is 2.94. The molecule has 0 fully saturated rings. The van der Waals surface area contributed by atoms with Gasteiger partial charge in [0.25, 0.3) is 5.97 Å². The van der Waals surface area contributed by atoms with E-state index in [2.05, 4.69) is 12.3 Å². The van der Waals surface area contributed by atoms with Gasteiger partial charge in [-0.25, -0.2) is 0 Å². The fourth-order valence-electron chi connectivity index (χ4n) is 0.